The molecule has 1 aliphatic heterocycles. The molecule has 0 aliphatic carbocycles. The third-order valence-electron chi connectivity index (χ3n) is 5.46. The number of aromatic nitrogens is 2. The first-order valence-corrected chi connectivity index (χ1v) is 13.7. The van der Waals surface area contributed by atoms with E-state index < -0.39 is 70.7 Å². The average molecular weight is 701 g/mol. The van der Waals surface area contributed by atoms with Crippen LogP contribution in [-0.4, -0.2) is 193 Å². The van der Waals surface area contributed by atoms with Crippen molar-refractivity contribution in [2.24, 2.45) is 5.10 Å². The number of amides is 1. The number of nitrogens with zero attached hydrogens (tertiary/aromatic N) is 4. The van der Waals surface area contributed by atoms with E-state index >= 15 is 0 Å². The van der Waals surface area contributed by atoms with Crippen molar-refractivity contribution >= 4 is 174 Å². The molecular weight excluding hydrogens is 680 g/mol. The van der Waals surface area contributed by atoms with Gasteiger partial charge in [0.2, 0.25) is 5.88 Å². The van der Waals surface area contributed by atoms with Crippen LogP contribution >= 0.6 is 0 Å². The molecule has 0 atom stereocenters. The van der Waals surface area contributed by atoms with Gasteiger partial charge in [-0.1, -0.05) is 6.08 Å². The van der Waals surface area contributed by atoms with Crippen LogP contribution in [0.4, 0.5) is 5.69 Å². The standard InChI is InChI=1S/C23H16N4O12S2.4Na.4H/c28-20-16(18(22(30)31)24-26(20)12-4-8-14(9-5-12)40(34,35)36)2-1-3-17-19(23(32)33)25-27(21(17)29)13-6-10-15(11-7-13)41(37,38)39;;;;;;;;/h1-11,28H,(H,30,31)(H,32,33)(H,34,35,36)(H,37,38,39);;;;;;;;/b2-1-,17-3-;;;;;;;;. The van der Waals surface area contributed by atoms with Crippen LogP contribution in [-0.2, 0) is 29.8 Å². The molecule has 0 saturated heterocycles. The predicted octanol–water partition coefficient (Wildman–Crippen LogP) is -1.40. The maximum atomic E-state index is 12.9. The second-order valence-corrected chi connectivity index (χ2v) is 10.9. The van der Waals surface area contributed by atoms with Gasteiger partial charge in [0.1, 0.15) is 0 Å². The number of anilines is 1. The molecule has 2 aromatic carbocycles. The molecule has 1 aliphatic rings. The minimum atomic E-state index is -4.52. The summed E-state index contributed by atoms with van der Waals surface area (Å²) in [5.74, 6) is -4.80. The molecule has 0 saturated carbocycles. The van der Waals surface area contributed by atoms with Crippen LogP contribution in [0.1, 0.15) is 16.1 Å². The summed E-state index contributed by atoms with van der Waals surface area (Å²) in [6.45, 7) is 0. The Morgan fingerprint density at radius 1 is 0.756 bits per heavy atom. The van der Waals surface area contributed by atoms with Crippen LogP contribution in [0.2, 0.25) is 0 Å². The van der Waals surface area contributed by atoms with Crippen LogP contribution in [0.5, 0.6) is 5.88 Å². The van der Waals surface area contributed by atoms with Gasteiger partial charge in [-0.05, 0) is 60.7 Å². The minimum absolute atomic E-state index is 0. The Balaban J connectivity index is 0.00000484. The van der Waals surface area contributed by atoms with Crippen molar-refractivity contribution < 1.29 is 55.6 Å². The van der Waals surface area contributed by atoms with E-state index in [1.165, 1.54) is 0 Å². The predicted molar refractivity (Wildman–Crippen MR) is 167 cm³/mol. The van der Waals surface area contributed by atoms with Crippen molar-refractivity contribution in [1.82, 2.24) is 9.78 Å². The Kier molecular flexibility index (Phi) is 16.8. The summed E-state index contributed by atoms with van der Waals surface area (Å²) in [4.78, 5) is 35.5. The first-order chi connectivity index (χ1) is 19.1. The molecule has 1 amide bonds. The number of allylic oxidation sites excluding steroid dienone is 2. The fourth-order valence-electron chi connectivity index (χ4n) is 3.57. The van der Waals surface area contributed by atoms with Crippen LogP contribution in [0.25, 0.3) is 11.8 Å². The monoisotopic (exact) mass is 700 g/mol. The van der Waals surface area contributed by atoms with Crippen LogP contribution in [0, 0.1) is 0 Å². The maximum absolute atomic E-state index is 12.9. The van der Waals surface area contributed by atoms with E-state index in [0.717, 1.165) is 71.4 Å². The molecule has 4 rings (SSSR count). The Bertz CT molecular complexity index is 1920. The van der Waals surface area contributed by atoms with Crippen molar-refractivity contribution in [2.45, 2.75) is 9.79 Å². The summed E-state index contributed by atoms with van der Waals surface area (Å²) in [6.07, 6.45) is 3.08. The van der Waals surface area contributed by atoms with Crippen molar-refractivity contribution in [3.8, 4) is 11.6 Å². The van der Waals surface area contributed by atoms with Gasteiger partial charge < -0.3 is 15.3 Å². The second-order valence-electron chi connectivity index (χ2n) is 8.05. The second kappa shape index (κ2) is 17.3. The molecule has 3 aromatic rings. The number of aromatic hydroxyl groups is 1. The van der Waals surface area contributed by atoms with Gasteiger partial charge in [0.15, 0.2) is 11.4 Å². The van der Waals surface area contributed by atoms with Crippen molar-refractivity contribution in [3.63, 3.8) is 0 Å². The molecule has 220 valence electrons. The number of hydrogen-bond donors (Lipinski definition) is 5. The topological polar surface area (TPSA) is 254 Å². The van der Waals surface area contributed by atoms with Gasteiger partial charge in [-0.3, -0.25) is 13.9 Å². The fraction of sp³-hybridized carbons (Fsp3) is 0. The van der Waals surface area contributed by atoms with E-state index in [4.69, 9.17) is 9.11 Å². The van der Waals surface area contributed by atoms with E-state index in [-0.39, 0.29) is 135 Å². The molecule has 1 aromatic heterocycles. The van der Waals surface area contributed by atoms with Gasteiger partial charge >= 0.3 is 130 Å². The normalized spacial score (nSPS) is 13.7. The van der Waals surface area contributed by atoms with Gasteiger partial charge in [0.25, 0.3) is 26.1 Å². The average Bonchev–Trinajstić information content (AvgIpc) is 3.40. The molecule has 0 unspecified atom stereocenters. The molecule has 5 N–H and O–H groups in total. The number of carbonyl (C=O) groups excluding carboxylic acids is 1. The zero-order valence-corrected chi connectivity index (χ0v) is 21.7. The zero-order valence-electron chi connectivity index (χ0n) is 20.1. The van der Waals surface area contributed by atoms with Gasteiger partial charge in [-0.25, -0.2) is 9.59 Å². The molecule has 45 heavy (non-hydrogen) atoms. The Morgan fingerprint density at radius 3 is 1.64 bits per heavy atom. The SMILES string of the molecule is O=C(O)C1=NN(c2ccc(S(=O)(=O)O)cc2)C(=O)/C1=C\C=C/c1c(C(=O)O)nn(-c2ccc(S(=O)(=O)O)cc2)c1O.[NaH].[NaH].[NaH].[NaH]. The molecule has 2 heterocycles. The van der Waals surface area contributed by atoms with E-state index in [1.54, 1.807) is 0 Å². The number of carboxylic acids is 2. The van der Waals surface area contributed by atoms with Crippen molar-refractivity contribution in [2.75, 3.05) is 5.01 Å². The molecule has 0 spiro atoms. The summed E-state index contributed by atoms with van der Waals surface area (Å²) in [5.41, 5.74) is -2.16. The molecule has 22 heteroatoms. The summed E-state index contributed by atoms with van der Waals surface area (Å²) >= 11 is 0. The number of rotatable bonds is 8. The number of aromatic carboxylic acids is 1. The molecule has 0 radical (unpaired) electrons. The van der Waals surface area contributed by atoms with Crippen LogP contribution in [0.15, 0.2) is 81.1 Å². The number of hydrazone groups is 1. The number of benzene rings is 2. The Labute approximate surface area is 343 Å². The fourth-order valence-corrected chi connectivity index (χ4v) is 4.53. The zero-order chi connectivity index (χ0) is 30.3. The first kappa shape index (κ1) is 43.8. The number of aliphatic carboxylic acids is 1. The molecule has 16 nitrogen and oxygen atoms in total. The Morgan fingerprint density at radius 2 is 1.22 bits per heavy atom. The van der Waals surface area contributed by atoms with Gasteiger partial charge in [-0.2, -0.15) is 36.7 Å². The number of hydrogen-bond acceptors (Lipinski definition) is 10. The van der Waals surface area contributed by atoms with E-state index in [2.05, 4.69) is 10.2 Å². The quantitative estimate of drug-likeness (QED) is 0.103. The van der Waals surface area contributed by atoms with Crippen LogP contribution < -0.4 is 5.01 Å². The van der Waals surface area contributed by atoms with E-state index in [9.17, 15) is 46.5 Å². The van der Waals surface area contributed by atoms with Gasteiger partial charge in [0, 0.05) is 0 Å². The van der Waals surface area contributed by atoms with E-state index in [1.807, 2.05) is 0 Å². The summed E-state index contributed by atoms with van der Waals surface area (Å²) < 4.78 is 64.0. The Hall–Kier alpha value is -1.17. The third-order valence-corrected chi connectivity index (χ3v) is 7.20. The third kappa shape index (κ3) is 9.92. The van der Waals surface area contributed by atoms with Crippen molar-refractivity contribution in [3.05, 3.63) is 77.5 Å². The summed E-state index contributed by atoms with van der Waals surface area (Å²) in [6, 6.07) is 8.42. The first-order valence-electron chi connectivity index (χ1n) is 10.9. The van der Waals surface area contributed by atoms with Gasteiger partial charge in [-0.15, -0.1) is 0 Å². The summed E-state index contributed by atoms with van der Waals surface area (Å²) in [5, 5.41) is 37.9. The van der Waals surface area contributed by atoms with E-state index in [0.29, 0.717) is 5.01 Å². The van der Waals surface area contributed by atoms with Gasteiger partial charge in [0.05, 0.1) is 32.3 Å². The van der Waals surface area contributed by atoms with Crippen LogP contribution in [0.3, 0.4) is 0 Å². The van der Waals surface area contributed by atoms with Crippen molar-refractivity contribution in [1.29, 1.82) is 0 Å². The molecule has 0 bridgehead atoms. The number of carbonyl (C=O) groups is 3. The number of carboxylic acid groups (broad SMARTS) is 2. The molecular formula is C23H20N4Na4O12S2. The summed E-state index contributed by atoms with van der Waals surface area (Å²) in [7, 11) is -9.04. The molecule has 0 fully saturated rings.